The number of halogens is 2. The molecule has 1 amide bonds. The number of carbonyl (C=O) groups is 1. The van der Waals surface area contributed by atoms with Crippen LogP contribution in [0.25, 0.3) is 0 Å². The van der Waals surface area contributed by atoms with Crippen molar-refractivity contribution >= 4 is 56.3 Å². The van der Waals surface area contributed by atoms with Gasteiger partial charge in [0.15, 0.2) is 0 Å². The second-order valence-corrected chi connectivity index (χ2v) is 10.1. The molecule has 170 valence electrons. The molecular formula is C20H20Cl2N4O5S. The quantitative estimate of drug-likeness (QED) is 0.651. The van der Waals surface area contributed by atoms with Gasteiger partial charge in [0, 0.05) is 29.1 Å². The summed E-state index contributed by atoms with van der Waals surface area (Å²) < 4.78 is 30.8. The number of sulfonamides is 1. The first kappa shape index (κ1) is 22.7. The van der Waals surface area contributed by atoms with Crippen LogP contribution in [0.3, 0.4) is 0 Å². The third kappa shape index (κ3) is 4.63. The normalized spacial score (nSPS) is 17.7. The van der Waals surface area contributed by atoms with Crippen LogP contribution in [-0.2, 0) is 14.8 Å². The number of ether oxygens (including phenoxy) is 1. The number of rotatable bonds is 5. The number of benzene rings is 1. The number of carbonyl (C=O) groups excluding carboxylic acids is 1. The van der Waals surface area contributed by atoms with Crippen molar-refractivity contribution in [3.8, 4) is 0 Å². The van der Waals surface area contributed by atoms with E-state index in [9.17, 15) is 18.3 Å². The second kappa shape index (κ2) is 9.14. The molecule has 1 fully saturated rings. The Balaban J connectivity index is 1.61. The molecule has 0 bridgehead atoms. The molecule has 2 aliphatic rings. The Morgan fingerprint density at radius 1 is 1.22 bits per heavy atom. The molecular weight excluding hydrogens is 479 g/mol. The maximum Gasteiger partial charge on any atom is 0.257 e. The molecule has 0 saturated carbocycles. The Morgan fingerprint density at radius 3 is 2.75 bits per heavy atom. The average molecular weight is 499 g/mol. The molecule has 1 aromatic heterocycles. The number of pyridine rings is 1. The van der Waals surface area contributed by atoms with Gasteiger partial charge in [0.05, 0.1) is 35.2 Å². The molecule has 12 heteroatoms. The topological polar surface area (TPSA) is 112 Å². The fourth-order valence-electron chi connectivity index (χ4n) is 3.56. The molecule has 0 aliphatic carbocycles. The Labute approximate surface area is 195 Å². The fourth-order valence-corrected chi connectivity index (χ4v) is 5.48. The fraction of sp³-hybridized carbons (Fsp3) is 0.300. The van der Waals surface area contributed by atoms with Crippen molar-refractivity contribution in [1.82, 2.24) is 4.98 Å². The SMILES string of the molecule is O=C(Nc1cc(Cl)cc(N2CCOC=C2CO)c1)c1cc(N2CCCS2(=O)=O)ncc1Cl. The van der Waals surface area contributed by atoms with Gasteiger partial charge in [-0.2, -0.15) is 0 Å². The van der Waals surface area contributed by atoms with Gasteiger partial charge in [-0.15, -0.1) is 0 Å². The number of aromatic nitrogens is 1. The standard InChI is InChI=1S/C20H20Cl2N4O5S/c21-13-6-14(8-15(7-13)25-3-4-31-12-16(25)11-27)24-20(28)17-9-19(23-10-18(17)22)26-2-1-5-32(26,29)30/h6-10,12,27H,1-5,11H2,(H,24,28). The zero-order valence-electron chi connectivity index (χ0n) is 16.8. The van der Waals surface area contributed by atoms with Crippen LogP contribution in [0, 0.1) is 0 Å². The van der Waals surface area contributed by atoms with Gasteiger partial charge in [0.2, 0.25) is 10.0 Å². The van der Waals surface area contributed by atoms with Crippen LogP contribution in [-0.4, -0.2) is 56.5 Å². The largest absolute Gasteiger partial charge is 0.497 e. The second-order valence-electron chi connectivity index (χ2n) is 7.21. The van der Waals surface area contributed by atoms with E-state index >= 15 is 0 Å². The zero-order valence-corrected chi connectivity index (χ0v) is 19.1. The highest BCUT2D eigenvalue weighted by Crippen LogP contribution is 2.30. The van der Waals surface area contributed by atoms with Gasteiger partial charge in [0.25, 0.3) is 5.91 Å². The molecule has 4 rings (SSSR count). The summed E-state index contributed by atoms with van der Waals surface area (Å²) in [5.74, 6) is -0.353. The van der Waals surface area contributed by atoms with Crippen molar-refractivity contribution in [2.45, 2.75) is 6.42 Å². The van der Waals surface area contributed by atoms with E-state index < -0.39 is 15.9 Å². The van der Waals surface area contributed by atoms with E-state index in [1.165, 1.54) is 22.8 Å². The van der Waals surface area contributed by atoms with E-state index in [0.29, 0.717) is 48.2 Å². The molecule has 0 unspecified atom stereocenters. The van der Waals surface area contributed by atoms with E-state index in [-0.39, 0.29) is 28.8 Å². The number of hydrogen-bond donors (Lipinski definition) is 2. The molecule has 0 radical (unpaired) electrons. The molecule has 1 saturated heterocycles. The lowest BCUT2D eigenvalue weighted by Gasteiger charge is -2.30. The summed E-state index contributed by atoms with van der Waals surface area (Å²) in [6.07, 6.45) is 3.23. The van der Waals surface area contributed by atoms with E-state index in [1.807, 2.05) is 4.90 Å². The van der Waals surface area contributed by atoms with Crippen molar-refractivity contribution in [2.75, 3.05) is 46.6 Å². The molecule has 2 aromatic rings. The summed E-state index contributed by atoms with van der Waals surface area (Å²) in [4.78, 5) is 18.9. The van der Waals surface area contributed by atoms with Crippen LogP contribution >= 0.6 is 23.2 Å². The van der Waals surface area contributed by atoms with Gasteiger partial charge in [0.1, 0.15) is 18.7 Å². The highest BCUT2D eigenvalue weighted by atomic mass is 35.5. The van der Waals surface area contributed by atoms with Gasteiger partial charge in [-0.3, -0.25) is 9.10 Å². The van der Waals surface area contributed by atoms with Gasteiger partial charge in [-0.1, -0.05) is 23.2 Å². The predicted molar refractivity (Wildman–Crippen MR) is 123 cm³/mol. The van der Waals surface area contributed by atoms with Crippen LogP contribution in [0.1, 0.15) is 16.8 Å². The maximum atomic E-state index is 13.0. The highest BCUT2D eigenvalue weighted by molar-refractivity contribution is 7.93. The van der Waals surface area contributed by atoms with Crippen molar-refractivity contribution in [3.63, 3.8) is 0 Å². The Bertz CT molecular complexity index is 1190. The Kier molecular flexibility index (Phi) is 6.47. The number of aliphatic hydroxyl groups excluding tert-OH is 1. The number of anilines is 3. The smallest absolute Gasteiger partial charge is 0.257 e. The van der Waals surface area contributed by atoms with Crippen LogP contribution in [0.4, 0.5) is 17.2 Å². The summed E-state index contributed by atoms with van der Waals surface area (Å²) >= 11 is 12.4. The third-order valence-electron chi connectivity index (χ3n) is 5.05. The van der Waals surface area contributed by atoms with E-state index in [0.717, 1.165) is 0 Å². The molecule has 3 heterocycles. The van der Waals surface area contributed by atoms with Crippen molar-refractivity contribution in [3.05, 3.63) is 58.0 Å². The Morgan fingerprint density at radius 2 is 2.03 bits per heavy atom. The lowest BCUT2D eigenvalue weighted by atomic mass is 10.2. The predicted octanol–water partition coefficient (Wildman–Crippen LogP) is 2.85. The first-order valence-corrected chi connectivity index (χ1v) is 12.1. The third-order valence-corrected chi connectivity index (χ3v) is 7.42. The number of amides is 1. The molecule has 1 aromatic carbocycles. The number of nitrogens with one attached hydrogen (secondary N) is 1. The zero-order chi connectivity index (χ0) is 22.9. The van der Waals surface area contributed by atoms with Crippen LogP contribution in [0.2, 0.25) is 10.0 Å². The first-order valence-electron chi connectivity index (χ1n) is 9.75. The van der Waals surface area contributed by atoms with Crippen LogP contribution in [0.5, 0.6) is 0 Å². The van der Waals surface area contributed by atoms with E-state index in [2.05, 4.69) is 10.3 Å². The molecule has 2 aliphatic heterocycles. The monoisotopic (exact) mass is 498 g/mol. The molecule has 0 atom stereocenters. The Hall–Kier alpha value is -2.53. The summed E-state index contributed by atoms with van der Waals surface area (Å²) in [6.45, 7) is 1.02. The highest BCUT2D eigenvalue weighted by Gasteiger charge is 2.30. The first-order chi connectivity index (χ1) is 15.3. The van der Waals surface area contributed by atoms with E-state index in [4.69, 9.17) is 27.9 Å². The molecule has 9 nitrogen and oxygen atoms in total. The lowest BCUT2D eigenvalue weighted by Crippen LogP contribution is -2.31. The minimum Gasteiger partial charge on any atom is -0.497 e. The number of aliphatic hydroxyl groups is 1. The summed E-state index contributed by atoms with van der Waals surface area (Å²) in [6, 6.07) is 6.36. The van der Waals surface area contributed by atoms with Crippen LogP contribution in [0.15, 0.2) is 42.4 Å². The molecule has 0 spiro atoms. The van der Waals surface area contributed by atoms with Crippen LogP contribution < -0.4 is 14.5 Å². The molecule has 2 N–H and O–H groups in total. The average Bonchev–Trinajstić information content (AvgIpc) is 3.12. The minimum atomic E-state index is -3.45. The van der Waals surface area contributed by atoms with E-state index in [1.54, 1.807) is 18.2 Å². The van der Waals surface area contributed by atoms with Crippen molar-refractivity contribution < 1.29 is 23.1 Å². The number of hydrogen-bond acceptors (Lipinski definition) is 7. The summed E-state index contributed by atoms with van der Waals surface area (Å²) in [5.41, 5.74) is 1.72. The lowest BCUT2D eigenvalue weighted by molar-refractivity contribution is 0.102. The molecule has 32 heavy (non-hydrogen) atoms. The number of nitrogens with zero attached hydrogens (tertiary/aromatic N) is 3. The van der Waals surface area contributed by atoms with Gasteiger partial charge >= 0.3 is 0 Å². The van der Waals surface area contributed by atoms with Crippen molar-refractivity contribution in [2.24, 2.45) is 0 Å². The maximum absolute atomic E-state index is 13.0. The van der Waals surface area contributed by atoms with Crippen molar-refractivity contribution in [1.29, 1.82) is 0 Å². The summed E-state index contributed by atoms with van der Waals surface area (Å²) in [7, 11) is -3.45. The van der Waals surface area contributed by atoms with Gasteiger partial charge in [-0.05, 0) is 30.7 Å². The van der Waals surface area contributed by atoms with Gasteiger partial charge in [-0.25, -0.2) is 13.4 Å². The minimum absolute atomic E-state index is 0.0376. The van der Waals surface area contributed by atoms with Gasteiger partial charge < -0.3 is 20.1 Å². The summed E-state index contributed by atoms with van der Waals surface area (Å²) in [5, 5.41) is 12.8.